The molecule has 1 aliphatic rings. The fourth-order valence-corrected chi connectivity index (χ4v) is 3.21. The summed E-state index contributed by atoms with van der Waals surface area (Å²) in [5.41, 5.74) is 0.558. The summed E-state index contributed by atoms with van der Waals surface area (Å²) in [7, 11) is 1.20. The zero-order valence-corrected chi connectivity index (χ0v) is 14.0. The predicted octanol–water partition coefficient (Wildman–Crippen LogP) is 3.59. The molecular formula is C14H11Cl2NO4S. The first-order valence-corrected chi connectivity index (χ1v) is 7.72. The van der Waals surface area contributed by atoms with Crippen LogP contribution in [0, 0.1) is 0 Å². The van der Waals surface area contributed by atoms with Crippen molar-refractivity contribution in [2.45, 2.75) is 13.0 Å². The number of rotatable bonds is 3. The van der Waals surface area contributed by atoms with Crippen molar-refractivity contribution in [1.29, 1.82) is 0 Å². The van der Waals surface area contributed by atoms with Gasteiger partial charge in [-0.3, -0.25) is 14.5 Å². The zero-order chi connectivity index (χ0) is 16.4. The molecule has 0 aliphatic carbocycles. The van der Waals surface area contributed by atoms with E-state index in [1.54, 1.807) is 12.1 Å². The Hall–Kier alpha value is -1.50. The molecule has 8 heteroatoms. The Bertz CT molecular complexity index is 689. The Kier molecular flexibility index (Phi) is 5.16. The first-order chi connectivity index (χ1) is 10.3. The second kappa shape index (κ2) is 6.73. The normalized spacial score (nSPS) is 18.0. The maximum atomic E-state index is 12.3. The highest BCUT2D eigenvalue weighted by atomic mass is 35.5. The van der Waals surface area contributed by atoms with Crippen LogP contribution in [0.15, 0.2) is 23.1 Å². The third kappa shape index (κ3) is 3.29. The number of carbonyl (C=O) groups excluding carboxylic acids is 3. The lowest BCUT2D eigenvalue weighted by Gasteiger charge is -2.18. The third-order valence-corrected chi connectivity index (χ3v) is 4.45. The van der Waals surface area contributed by atoms with Crippen LogP contribution in [0.3, 0.4) is 0 Å². The van der Waals surface area contributed by atoms with Gasteiger partial charge in [0.1, 0.15) is 6.04 Å². The van der Waals surface area contributed by atoms with Crippen molar-refractivity contribution >= 4 is 58.2 Å². The number of halogens is 2. The standard InChI is InChI=1S/C14H11Cl2NO4S/c1-7(13(19)21-2)17-12(18)11(22-14(17)20)5-8-3-4-9(15)6-10(8)16/h3-7H,1-2H3/b11-5+. The van der Waals surface area contributed by atoms with Crippen molar-refractivity contribution in [2.75, 3.05) is 7.11 Å². The second-order valence-corrected chi connectivity index (χ2v) is 6.25. The molecule has 0 spiro atoms. The van der Waals surface area contributed by atoms with Crippen LogP contribution in [0.1, 0.15) is 12.5 Å². The highest BCUT2D eigenvalue weighted by Crippen LogP contribution is 2.35. The van der Waals surface area contributed by atoms with E-state index in [2.05, 4.69) is 4.74 Å². The molecule has 1 atom stereocenters. The lowest BCUT2D eigenvalue weighted by molar-refractivity contribution is -0.148. The van der Waals surface area contributed by atoms with Crippen molar-refractivity contribution in [1.82, 2.24) is 4.90 Å². The van der Waals surface area contributed by atoms with Crippen LogP contribution in [-0.2, 0) is 14.3 Å². The van der Waals surface area contributed by atoms with Crippen LogP contribution in [0.4, 0.5) is 4.79 Å². The van der Waals surface area contributed by atoms with Gasteiger partial charge < -0.3 is 4.74 Å². The quantitative estimate of drug-likeness (QED) is 0.609. The molecule has 1 fully saturated rings. The smallest absolute Gasteiger partial charge is 0.328 e. The molecular weight excluding hydrogens is 349 g/mol. The summed E-state index contributed by atoms with van der Waals surface area (Å²) < 4.78 is 4.56. The Morgan fingerprint density at radius 3 is 2.64 bits per heavy atom. The number of carbonyl (C=O) groups is 3. The molecule has 1 aromatic rings. The number of thioether (sulfide) groups is 1. The molecule has 0 aromatic heterocycles. The van der Waals surface area contributed by atoms with Gasteiger partial charge in [-0.05, 0) is 42.5 Å². The molecule has 0 bridgehead atoms. The van der Waals surface area contributed by atoms with E-state index < -0.39 is 23.2 Å². The highest BCUT2D eigenvalue weighted by Gasteiger charge is 2.41. The molecule has 1 saturated heterocycles. The number of imide groups is 1. The van der Waals surface area contributed by atoms with E-state index in [1.807, 2.05) is 0 Å². The van der Waals surface area contributed by atoms with E-state index in [9.17, 15) is 14.4 Å². The Morgan fingerprint density at radius 2 is 2.05 bits per heavy atom. The fourth-order valence-electron chi connectivity index (χ4n) is 1.85. The minimum atomic E-state index is -0.982. The van der Waals surface area contributed by atoms with E-state index in [0.29, 0.717) is 15.6 Å². The molecule has 1 aromatic carbocycles. The van der Waals surface area contributed by atoms with Gasteiger partial charge in [0.15, 0.2) is 0 Å². The Labute approximate surface area is 141 Å². The number of nitrogens with zero attached hydrogens (tertiary/aromatic N) is 1. The average molecular weight is 360 g/mol. The lowest BCUT2D eigenvalue weighted by Crippen LogP contribution is -2.42. The van der Waals surface area contributed by atoms with Gasteiger partial charge in [0.2, 0.25) is 0 Å². The van der Waals surface area contributed by atoms with Gasteiger partial charge in [-0.15, -0.1) is 0 Å². The average Bonchev–Trinajstić information content (AvgIpc) is 2.75. The number of amides is 2. The van der Waals surface area contributed by atoms with Crippen molar-refractivity contribution in [3.05, 3.63) is 38.7 Å². The molecule has 2 rings (SSSR count). The van der Waals surface area contributed by atoms with Crippen LogP contribution in [-0.4, -0.2) is 35.2 Å². The molecule has 1 unspecified atom stereocenters. The van der Waals surface area contributed by atoms with E-state index in [4.69, 9.17) is 23.2 Å². The summed E-state index contributed by atoms with van der Waals surface area (Å²) in [6.07, 6.45) is 1.49. The summed E-state index contributed by atoms with van der Waals surface area (Å²) in [5, 5.41) is 0.300. The molecule has 0 N–H and O–H groups in total. The minimum absolute atomic E-state index is 0.185. The summed E-state index contributed by atoms with van der Waals surface area (Å²) >= 11 is 12.6. The van der Waals surface area contributed by atoms with E-state index in [-0.39, 0.29) is 4.91 Å². The topological polar surface area (TPSA) is 63.7 Å². The largest absolute Gasteiger partial charge is 0.467 e. The first-order valence-electron chi connectivity index (χ1n) is 6.15. The summed E-state index contributed by atoms with van der Waals surface area (Å²) in [4.78, 5) is 36.8. The number of benzene rings is 1. The summed E-state index contributed by atoms with van der Waals surface area (Å²) in [6.45, 7) is 1.43. The van der Waals surface area contributed by atoms with E-state index in [0.717, 1.165) is 16.7 Å². The number of ether oxygens (including phenoxy) is 1. The van der Waals surface area contributed by atoms with Crippen molar-refractivity contribution in [2.24, 2.45) is 0 Å². The SMILES string of the molecule is COC(=O)C(C)N1C(=O)S/C(=C/c2ccc(Cl)cc2Cl)C1=O. The van der Waals surface area contributed by atoms with Gasteiger partial charge in [0, 0.05) is 10.0 Å². The van der Waals surface area contributed by atoms with Gasteiger partial charge in [-0.25, -0.2) is 4.79 Å². The van der Waals surface area contributed by atoms with Gasteiger partial charge in [0.05, 0.1) is 12.0 Å². The molecule has 1 heterocycles. The third-order valence-electron chi connectivity index (χ3n) is 3.00. The monoisotopic (exact) mass is 359 g/mol. The molecule has 1 aliphatic heterocycles. The van der Waals surface area contributed by atoms with Gasteiger partial charge in [0.25, 0.3) is 11.1 Å². The molecule has 22 heavy (non-hydrogen) atoms. The Morgan fingerprint density at radius 1 is 1.36 bits per heavy atom. The number of methoxy groups -OCH3 is 1. The Balaban J connectivity index is 2.31. The van der Waals surface area contributed by atoms with E-state index >= 15 is 0 Å². The summed E-state index contributed by atoms with van der Waals surface area (Å²) in [6, 6.07) is 3.82. The maximum absolute atomic E-state index is 12.3. The van der Waals surface area contributed by atoms with Crippen molar-refractivity contribution in [3.8, 4) is 0 Å². The first kappa shape index (κ1) is 16.9. The van der Waals surface area contributed by atoms with Gasteiger partial charge in [-0.2, -0.15) is 0 Å². The van der Waals surface area contributed by atoms with Gasteiger partial charge in [-0.1, -0.05) is 29.3 Å². The molecule has 116 valence electrons. The van der Waals surface area contributed by atoms with E-state index in [1.165, 1.54) is 26.2 Å². The van der Waals surface area contributed by atoms with Crippen LogP contribution >= 0.6 is 35.0 Å². The number of esters is 1. The highest BCUT2D eigenvalue weighted by molar-refractivity contribution is 8.18. The van der Waals surface area contributed by atoms with Gasteiger partial charge >= 0.3 is 5.97 Å². The van der Waals surface area contributed by atoms with Crippen LogP contribution in [0.2, 0.25) is 10.0 Å². The van der Waals surface area contributed by atoms with Crippen molar-refractivity contribution in [3.63, 3.8) is 0 Å². The molecule has 5 nitrogen and oxygen atoms in total. The fraction of sp³-hybridized carbons (Fsp3) is 0.214. The maximum Gasteiger partial charge on any atom is 0.328 e. The van der Waals surface area contributed by atoms with Crippen LogP contribution in [0.25, 0.3) is 6.08 Å². The minimum Gasteiger partial charge on any atom is -0.467 e. The van der Waals surface area contributed by atoms with Crippen molar-refractivity contribution < 1.29 is 19.1 Å². The molecule has 2 amide bonds. The van der Waals surface area contributed by atoms with Crippen LogP contribution < -0.4 is 0 Å². The number of hydrogen-bond donors (Lipinski definition) is 0. The zero-order valence-electron chi connectivity index (χ0n) is 11.6. The predicted molar refractivity (Wildman–Crippen MR) is 85.8 cm³/mol. The second-order valence-electron chi connectivity index (χ2n) is 4.42. The van der Waals surface area contributed by atoms with Crippen LogP contribution in [0.5, 0.6) is 0 Å². The summed E-state index contributed by atoms with van der Waals surface area (Å²) in [5.74, 6) is -1.22. The molecule has 0 saturated carbocycles. The molecule has 0 radical (unpaired) electrons. The number of hydrogen-bond acceptors (Lipinski definition) is 5. The lowest BCUT2D eigenvalue weighted by atomic mass is 10.2.